The van der Waals surface area contributed by atoms with Crippen LogP contribution in [0, 0.1) is 0 Å². The van der Waals surface area contributed by atoms with Gasteiger partial charge in [-0.15, -0.1) is 22.9 Å². The van der Waals surface area contributed by atoms with Crippen molar-refractivity contribution >= 4 is 48.9 Å². The molecular formula is C13H14BrClN2O2S2. The van der Waals surface area contributed by atoms with Crippen molar-refractivity contribution < 1.29 is 8.42 Å². The highest BCUT2D eigenvalue weighted by Gasteiger charge is 2.27. The predicted molar refractivity (Wildman–Crippen MR) is 89.1 cm³/mol. The van der Waals surface area contributed by atoms with Gasteiger partial charge in [-0.1, -0.05) is 13.0 Å². The van der Waals surface area contributed by atoms with Crippen molar-refractivity contribution in [1.82, 2.24) is 9.29 Å². The molecule has 4 nitrogen and oxygen atoms in total. The highest BCUT2D eigenvalue weighted by atomic mass is 79.9. The van der Waals surface area contributed by atoms with E-state index in [1.807, 2.05) is 19.1 Å². The number of aromatic nitrogens is 1. The summed E-state index contributed by atoms with van der Waals surface area (Å²) in [6, 6.07) is 7.08. The van der Waals surface area contributed by atoms with Crippen molar-refractivity contribution in [3.63, 3.8) is 0 Å². The lowest BCUT2D eigenvalue weighted by molar-refractivity contribution is 0.419. The van der Waals surface area contributed by atoms with E-state index in [0.29, 0.717) is 21.9 Å². The average molecular weight is 410 g/mol. The standard InChI is InChI=1S/C13H14BrClN2O2S2/c1-2-17(9-10-5-3-4-6-16-10)21(18,19)12-7-11(8-15)20-13(12)14/h3-7H,2,8-9H2,1H3. The van der Waals surface area contributed by atoms with Crippen molar-refractivity contribution in [3.8, 4) is 0 Å². The molecule has 0 saturated heterocycles. The maximum atomic E-state index is 12.7. The largest absolute Gasteiger partial charge is 0.260 e. The molecule has 2 aromatic heterocycles. The van der Waals surface area contributed by atoms with Gasteiger partial charge in [-0.25, -0.2) is 8.42 Å². The normalized spacial score (nSPS) is 12.0. The first-order valence-corrected chi connectivity index (χ1v) is 9.81. The van der Waals surface area contributed by atoms with E-state index in [9.17, 15) is 8.42 Å². The molecule has 21 heavy (non-hydrogen) atoms. The van der Waals surface area contributed by atoms with Crippen molar-refractivity contribution in [1.29, 1.82) is 0 Å². The van der Waals surface area contributed by atoms with Crippen LogP contribution in [-0.4, -0.2) is 24.3 Å². The van der Waals surface area contributed by atoms with E-state index >= 15 is 0 Å². The molecule has 0 amide bonds. The summed E-state index contributed by atoms with van der Waals surface area (Å²) in [7, 11) is -3.57. The van der Waals surface area contributed by atoms with E-state index in [4.69, 9.17) is 11.6 Å². The minimum atomic E-state index is -3.57. The summed E-state index contributed by atoms with van der Waals surface area (Å²) in [5.41, 5.74) is 0.715. The Hall–Kier alpha value is -0.470. The number of hydrogen-bond acceptors (Lipinski definition) is 4. The molecule has 0 aliphatic rings. The van der Waals surface area contributed by atoms with E-state index in [2.05, 4.69) is 20.9 Å². The Morgan fingerprint density at radius 2 is 2.19 bits per heavy atom. The summed E-state index contributed by atoms with van der Waals surface area (Å²) in [4.78, 5) is 5.26. The lowest BCUT2D eigenvalue weighted by Crippen LogP contribution is -2.30. The van der Waals surface area contributed by atoms with E-state index < -0.39 is 10.0 Å². The number of alkyl halides is 1. The van der Waals surface area contributed by atoms with Crippen molar-refractivity contribution in [2.75, 3.05) is 6.54 Å². The number of hydrogen-bond donors (Lipinski definition) is 0. The van der Waals surface area contributed by atoms with E-state index in [-0.39, 0.29) is 11.4 Å². The van der Waals surface area contributed by atoms with Gasteiger partial charge in [0.2, 0.25) is 10.0 Å². The monoisotopic (exact) mass is 408 g/mol. The fourth-order valence-corrected chi connectivity index (χ4v) is 5.96. The Morgan fingerprint density at radius 3 is 2.71 bits per heavy atom. The fourth-order valence-electron chi connectivity index (χ4n) is 1.82. The zero-order valence-corrected chi connectivity index (χ0v) is 15.3. The number of sulfonamides is 1. The van der Waals surface area contributed by atoms with Crippen LogP contribution in [0.3, 0.4) is 0 Å². The van der Waals surface area contributed by atoms with Crippen molar-refractivity contribution in [2.24, 2.45) is 0 Å². The molecule has 0 radical (unpaired) electrons. The molecule has 0 unspecified atom stereocenters. The molecular weight excluding hydrogens is 396 g/mol. The Kier molecular flexibility index (Phi) is 5.79. The molecule has 0 spiro atoms. The Bertz CT molecular complexity index is 704. The minimum Gasteiger partial charge on any atom is -0.260 e. The van der Waals surface area contributed by atoms with Gasteiger partial charge in [0.25, 0.3) is 0 Å². The number of rotatable bonds is 6. The van der Waals surface area contributed by atoms with Gasteiger partial charge in [0.15, 0.2) is 0 Å². The first-order valence-electron chi connectivity index (χ1n) is 6.23. The SMILES string of the molecule is CCN(Cc1ccccn1)S(=O)(=O)c1cc(CCl)sc1Br. The third kappa shape index (κ3) is 3.84. The zero-order valence-electron chi connectivity index (χ0n) is 11.3. The van der Waals surface area contributed by atoms with Gasteiger partial charge in [0.1, 0.15) is 4.90 Å². The summed E-state index contributed by atoms with van der Waals surface area (Å²) >= 11 is 10.4. The molecule has 0 atom stereocenters. The highest BCUT2D eigenvalue weighted by Crippen LogP contribution is 2.34. The fraction of sp³-hybridized carbons (Fsp3) is 0.308. The summed E-state index contributed by atoms with van der Waals surface area (Å²) < 4.78 is 27.5. The maximum absolute atomic E-state index is 12.7. The molecule has 0 aliphatic carbocycles. The molecule has 8 heteroatoms. The molecule has 2 heterocycles. The molecule has 0 aliphatic heterocycles. The van der Waals surface area contributed by atoms with Gasteiger partial charge in [0.05, 0.1) is 21.9 Å². The second-order valence-electron chi connectivity index (χ2n) is 4.24. The Balaban J connectivity index is 2.33. The Labute approximate surface area is 141 Å². The first kappa shape index (κ1) is 16.9. The lowest BCUT2D eigenvalue weighted by Gasteiger charge is -2.19. The van der Waals surface area contributed by atoms with Crippen LogP contribution in [0.4, 0.5) is 0 Å². The minimum absolute atomic E-state index is 0.248. The van der Waals surface area contributed by atoms with Crippen LogP contribution < -0.4 is 0 Å². The van der Waals surface area contributed by atoms with Crippen LogP contribution >= 0.6 is 38.9 Å². The molecule has 0 aromatic carbocycles. The zero-order chi connectivity index (χ0) is 15.5. The molecule has 0 saturated carbocycles. The molecule has 0 fully saturated rings. The van der Waals surface area contributed by atoms with Gasteiger partial charge >= 0.3 is 0 Å². The highest BCUT2D eigenvalue weighted by molar-refractivity contribution is 9.11. The van der Waals surface area contributed by atoms with Gasteiger partial charge in [-0.05, 0) is 34.1 Å². The van der Waals surface area contributed by atoms with E-state index in [0.717, 1.165) is 4.88 Å². The van der Waals surface area contributed by atoms with E-state index in [1.54, 1.807) is 18.3 Å². The molecule has 114 valence electrons. The molecule has 0 N–H and O–H groups in total. The third-order valence-corrected chi connectivity index (χ3v) is 7.49. The van der Waals surface area contributed by atoms with Crippen LogP contribution in [-0.2, 0) is 22.4 Å². The topological polar surface area (TPSA) is 50.3 Å². The number of halogens is 2. The molecule has 2 rings (SSSR count). The van der Waals surface area contributed by atoms with E-state index in [1.165, 1.54) is 15.6 Å². The van der Waals surface area contributed by atoms with Gasteiger partial charge < -0.3 is 0 Å². The molecule has 2 aromatic rings. The van der Waals surface area contributed by atoms with Gasteiger partial charge in [-0.2, -0.15) is 4.31 Å². The average Bonchev–Trinajstić information content (AvgIpc) is 2.87. The quantitative estimate of drug-likeness (QED) is 0.681. The van der Waals surface area contributed by atoms with Gasteiger partial charge in [-0.3, -0.25) is 4.98 Å². The predicted octanol–water partition coefficient (Wildman–Crippen LogP) is 3.86. The van der Waals surface area contributed by atoms with Crippen LogP contribution in [0.25, 0.3) is 0 Å². The summed E-state index contributed by atoms with van der Waals surface area (Å²) in [6.45, 7) is 2.43. The van der Waals surface area contributed by atoms with Crippen molar-refractivity contribution in [2.45, 2.75) is 24.2 Å². The second-order valence-corrected chi connectivity index (χ2v) is 8.86. The summed E-state index contributed by atoms with van der Waals surface area (Å²) in [5, 5.41) is 0. The smallest absolute Gasteiger partial charge is 0.245 e. The van der Waals surface area contributed by atoms with Crippen molar-refractivity contribution in [3.05, 3.63) is 44.8 Å². The first-order chi connectivity index (χ1) is 9.98. The van der Waals surface area contributed by atoms with Gasteiger partial charge in [0, 0.05) is 17.6 Å². The van der Waals surface area contributed by atoms with Crippen LogP contribution in [0.1, 0.15) is 17.5 Å². The third-order valence-electron chi connectivity index (χ3n) is 2.87. The lowest BCUT2D eigenvalue weighted by atomic mass is 10.3. The number of thiophene rings is 1. The summed E-state index contributed by atoms with van der Waals surface area (Å²) in [6.07, 6.45) is 1.65. The van der Waals surface area contributed by atoms with Crippen LogP contribution in [0.15, 0.2) is 39.1 Å². The summed E-state index contributed by atoms with van der Waals surface area (Å²) in [5.74, 6) is 0.297. The van der Waals surface area contributed by atoms with Crippen LogP contribution in [0.5, 0.6) is 0 Å². The molecule has 0 bridgehead atoms. The number of nitrogens with zero attached hydrogens (tertiary/aromatic N) is 2. The number of pyridine rings is 1. The van der Waals surface area contributed by atoms with Crippen LogP contribution in [0.2, 0.25) is 0 Å². The Morgan fingerprint density at radius 1 is 1.43 bits per heavy atom. The maximum Gasteiger partial charge on any atom is 0.245 e. The second kappa shape index (κ2) is 7.19.